The van der Waals surface area contributed by atoms with E-state index in [0.29, 0.717) is 5.56 Å². The fourth-order valence-corrected chi connectivity index (χ4v) is 2.94. The standard InChI is InChI=1S/C15H21N5O/c1-16-5-2-12-3-7-19(8-4-12)15(21)13-10-18-20-9-6-17-11-14(13)20/h6,9-12,16H,2-5,7-8H2,1H3. The van der Waals surface area contributed by atoms with E-state index in [2.05, 4.69) is 15.4 Å². The van der Waals surface area contributed by atoms with Gasteiger partial charge >= 0.3 is 0 Å². The van der Waals surface area contributed by atoms with Gasteiger partial charge in [-0.2, -0.15) is 5.10 Å². The zero-order valence-electron chi connectivity index (χ0n) is 12.3. The minimum Gasteiger partial charge on any atom is -0.339 e. The Morgan fingerprint density at radius 3 is 2.95 bits per heavy atom. The van der Waals surface area contributed by atoms with Crippen molar-refractivity contribution in [1.29, 1.82) is 0 Å². The van der Waals surface area contributed by atoms with Gasteiger partial charge in [0.1, 0.15) is 0 Å². The summed E-state index contributed by atoms with van der Waals surface area (Å²) >= 11 is 0. The highest BCUT2D eigenvalue weighted by Crippen LogP contribution is 2.22. The number of aromatic nitrogens is 3. The summed E-state index contributed by atoms with van der Waals surface area (Å²) in [5, 5.41) is 7.40. The van der Waals surface area contributed by atoms with Gasteiger partial charge < -0.3 is 10.2 Å². The van der Waals surface area contributed by atoms with Crippen molar-refractivity contribution in [2.45, 2.75) is 19.3 Å². The van der Waals surface area contributed by atoms with Gasteiger partial charge in [-0.25, -0.2) is 4.52 Å². The molecule has 6 heteroatoms. The molecule has 1 saturated heterocycles. The fourth-order valence-electron chi connectivity index (χ4n) is 2.94. The monoisotopic (exact) mass is 287 g/mol. The summed E-state index contributed by atoms with van der Waals surface area (Å²) < 4.78 is 1.69. The van der Waals surface area contributed by atoms with Crippen LogP contribution in [0.3, 0.4) is 0 Å². The number of amides is 1. The molecule has 1 amide bonds. The van der Waals surface area contributed by atoms with Crippen molar-refractivity contribution in [3.63, 3.8) is 0 Å². The molecule has 0 radical (unpaired) electrons. The Morgan fingerprint density at radius 1 is 1.38 bits per heavy atom. The van der Waals surface area contributed by atoms with Crippen LogP contribution in [0.5, 0.6) is 0 Å². The molecule has 0 aliphatic carbocycles. The van der Waals surface area contributed by atoms with Gasteiger partial charge in [0.25, 0.3) is 5.91 Å². The van der Waals surface area contributed by atoms with Crippen LogP contribution in [0.1, 0.15) is 29.6 Å². The van der Waals surface area contributed by atoms with Crippen LogP contribution >= 0.6 is 0 Å². The highest BCUT2D eigenvalue weighted by molar-refractivity contribution is 6.00. The lowest BCUT2D eigenvalue weighted by Gasteiger charge is -2.31. The molecule has 3 rings (SSSR count). The van der Waals surface area contributed by atoms with Crippen molar-refractivity contribution >= 4 is 11.4 Å². The molecule has 0 spiro atoms. The Hall–Kier alpha value is -1.95. The summed E-state index contributed by atoms with van der Waals surface area (Å²) in [4.78, 5) is 18.7. The third-order valence-electron chi connectivity index (χ3n) is 4.26. The number of hydrogen-bond donors (Lipinski definition) is 1. The predicted molar refractivity (Wildman–Crippen MR) is 80.2 cm³/mol. The lowest BCUT2D eigenvalue weighted by Crippen LogP contribution is -2.38. The molecule has 2 aromatic heterocycles. The number of nitrogens with zero attached hydrogens (tertiary/aromatic N) is 4. The van der Waals surface area contributed by atoms with E-state index >= 15 is 0 Å². The highest BCUT2D eigenvalue weighted by Gasteiger charge is 2.25. The quantitative estimate of drug-likeness (QED) is 0.917. The molecule has 0 atom stereocenters. The fraction of sp³-hybridized carbons (Fsp3) is 0.533. The van der Waals surface area contributed by atoms with Gasteiger partial charge in [-0.05, 0) is 38.8 Å². The minimum absolute atomic E-state index is 0.0741. The molecule has 112 valence electrons. The molecule has 0 saturated carbocycles. The van der Waals surface area contributed by atoms with Crippen LogP contribution in [-0.4, -0.2) is 52.1 Å². The third kappa shape index (κ3) is 2.90. The van der Waals surface area contributed by atoms with Gasteiger partial charge in [0.2, 0.25) is 0 Å². The maximum absolute atomic E-state index is 12.6. The molecule has 1 aliphatic heterocycles. The first kappa shape index (κ1) is 14.0. The summed E-state index contributed by atoms with van der Waals surface area (Å²) in [5.74, 6) is 0.803. The number of hydrogen-bond acceptors (Lipinski definition) is 4. The second-order valence-electron chi connectivity index (χ2n) is 5.59. The summed E-state index contributed by atoms with van der Waals surface area (Å²) in [6.45, 7) is 2.73. The molecular formula is C15H21N5O. The van der Waals surface area contributed by atoms with Crippen molar-refractivity contribution in [3.8, 4) is 0 Å². The second kappa shape index (κ2) is 6.22. The van der Waals surface area contributed by atoms with E-state index in [1.165, 1.54) is 6.42 Å². The molecular weight excluding hydrogens is 266 g/mol. The number of carbonyl (C=O) groups excluding carboxylic acids is 1. The Balaban J connectivity index is 1.67. The molecule has 3 heterocycles. The largest absolute Gasteiger partial charge is 0.339 e. The topological polar surface area (TPSA) is 62.5 Å². The van der Waals surface area contributed by atoms with Crippen LogP contribution in [0.2, 0.25) is 0 Å². The minimum atomic E-state index is 0.0741. The van der Waals surface area contributed by atoms with Crippen LogP contribution in [0.25, 0.3) is 5.52 Å². The highest BCUT2D eigenvalue weighted by atomic mass is 16.2. The molecule has 1 fully saturated rings. The number of likely N-dealkylation sites (tertiary alicyclic amines) is 1. The van der Waals surface area contributed by atoms with Crippen LogP contribution in [-0.2, 0) is 0 Å². The van der Waals surface area contributed by atoms with Crippen molar-refractivity contribution < 1.29 is 4.79 Å². The number of piperidine rings is 1. The number of nitrogens with one attached hydrogen (secondary N) is 1. The van der Waals surface area contributed by atoms with Crippen molar-refractivity contribution in [2.24, 2.45) is 5.92 Å². The van der Waals surface area contributed by atoms with E-state index in [-0.39, 0.29) is 5.91 Å². The summed E-state index contributed by atoms with van der Waals surface area (Å²) in [7, 11) is 1.98. The van der Waals surface area contributed by atoms with Gasteiger partial charge in [0.05, 0.1) is 23.5 Å². The SMILES string of the molecule is CNCCC1CCN(C(=O)c2cnn3ccncc23)CC1. The Labute approximate surface area is 124 Å². The van der Waals surface area contributed by atoms with E-state index in [1.807, 2.05) is 11.9 Å². The Morgan fingerprint density at radius 2 is 2.19 bits per heavy atom. The van der Waals surface area contributed by atoms with E-state index in [0.717, 1.165) is 43.9 Å². The van der Waals surface area contributed by atoms with Crippen molar-refractivity contribution in [1.82, 2.24) is 24.8 Å². The van der Waals surface area contributed by atoms with Crippen LogP contribution in [0.4, 0.5) is 0 Å². The van der Waals surface area contributed by atoms with Gasteiger partial charge in [-0.1, -0.05) is 0 Å². The lowest BCUT2D eigenvalue weighted by atomic mass is 9.93. The molecule has 21 heavy (non-hydrogen) atoms. The third-order valence-corrected chi connectivity index (χ3v) is 4.26. The second-order valence-corrected chi connectivity index (χ2v) is 5.59. The Kier molecular flexibility index (Phi) is 4.15. The normalized spacial score (nSPS) is 16.5. The van der Waals surface area contributed by atoms with Crippen molar-refractivity contribution in [2.75, 3.05) is 26.7 Å². The zero-order chi connectivity index (χ0) is 14.7. The van der Waals surface area contributed by atoms with Gasteiger partial charge in [0.15, 0.2) is 0 Å². The predicted octanol–water partition coefficient (Wildman–Crippen LogP) is 1.19. The maximum atomic E-state index is 12.6. The van der Waals surface area contributed by atoms with E-state index in [9.17, 15) is 4.79 Å². The molecule has 0 bridgehead atoms. The lowest BCUT2D eigenvalue weighted by molar-refractivity contribution is 0.0689. The molecule has 2 aromatic rings. The van der Waals surface area contributed by atoms with Crippen LogP contribution in [0.15, 0.2) is 24.8 Å². The maximum Gasteiger partial charge on any atom is 0.257 e. The van der Waals surface area contributed by atoms with E-state index in [4.69, 9.17) is 0 Å². The first-order valence-corrected chi connectivity index (χ1v) is 7.51. The molecule has 0 unspecified atom stereocenters. The van der Waals surface area contributed by atoms with Crippen LogP contribution in [0, 0.1) is 5.92 Å². The average molecular weight is 287 g/mol. The van der Waals surface area contributed by atoms with Gasteiger partial charge in [-0.3, -0.25) is 9.78 Å². The number of rotatable bonds is 4. The van der Waals surface area contributed by atoms with Gasteiger partial charge in [0, 0.05) is 25.5 Å². The first-order chi connectivity index (χ1) is 10.3. The summed E-state index contributed by atoms with van der Waals surface area (Å²) in [6.07, 6.45) is 10.1. The van der Waals surface area contributed by atoms with E-state index < -0.39 is 0 Å². The van der Waals surface area contributed by atoms with Crippen LogP contribution < -0.4 is 5.32 Å². The smallest absolute Gasteiger partial charge is 0.257 e. The zero-order valence-corrected chi connectivity index (χ0v) is 12.3. The first-order valence-electron chi connectivity index (χ1n) is 7.51. The molecule has 1 N–H and O–H groups in total. The summed E-state index contributed by atoms with van der Waals surface area (Å²) in [6, 6.07) is 0. The van der Waals surface area contributed by atoms with Gasteiger partial charge in [-0.15, -0.1) is 0 Å². The summed E-state index contributed by atoms with van der Waals surface area (Å²) in [5.41, 5.74) is 1.43. The molecule has 0 aromatic carbocycles. The van der Waals surface area contributed by atoms with E-state index in [1.54, 1.807) is 29.3 Å². The average Bonchev–Trinajstić information content (AvgIpc) is 2.97. The number of fused-ring (bicyclic) bond motifs is 1. The number of carbonyl (C=O) groups is 1. The Bertz CT molecular complexity index is 615. The van der Waals surface area contributed by atoms with Crippen molar-refractivity contribution in [3.05, 3.63) is 30.4 Å². The molecule has 6 nitrogen and oxygen atoms in total. The molecule has 1 aliphatic rings.